The minimum atomic E-state index is -0.163. The molecule has 0 unspecified atom stereocenters. The lowest BCUT2D eigenvalue weighted by atomic mass is 10.0. The van der Waals surface area contributed by atoms with Gasteiger partial charge in [0.1, 0.15) is 5.52 Å². The van der Waals surface area contributed by atoms with Gasteiger partial charge in [0, 0.05) is 15.1 Å². The van der Waals surface area contributed by atoms with Crippen LogP contribution in [-0.4, -0.2) is 10.8 Å². The summed E-state index contributed by atoms with van der Waals surface area (Å²) in [6.07, 6.45) is 1.77. The van der Waals surface area contributed by atoms with Gasteiger partial charge in [-0.1, -0.05) is 51.8 Å². The Bertz CT molecular complexity index is 1110. The van der Waals surface area contributed by atoms with Crippen molar-refractivity contribution in [3.63, 3.8) is 0 Å². The first-order valence-corrected chi connectivity index (χ1v) is 9.41. The van der Waals surface area contributed by atoms with Crippen LogP contribution in [0, 0.1) is 0 Å². The fourth-order valence-electron chi connectivity index (χ4n) is 2.69. The van der Waals surface area contributed by atoms with Crippen LogP contribution in [-0.2, 0) is 0 Å². The minimum Gasteiger partial charge on any atom is -0.436 e. The predicted octanol–water partition coefficient (Wildman–Crippen LogP) is 6.67. The summed E-state index contributed by atoms with van der Waals surface area (Å²) in [4.78, 5) is 17.7. The fourth-order valence-corrected chi connectivity index (χ4v) is 3.08. The summed E-state index contributed by atoms with van der Waals surface area (Å²) < 4.78 is 6.76. The van der Waals surface area contributed by atoms with Crippen LogP contribution in [0.4, 0.5) is 0 Å². The van der Waals surface area contributed by atoms with Crippen molar-refractivity contribution in [3.05, 3.63) is 99.3 Å². The second-order valence-electron chi connectivity index (χ2n) is 5.93. The Labute approximate surface area is 169 Å². The number of carbonyl (C=O) groups is 1. The third-order valence-corrected chi connectivity index (χ3v) is 4.84. The summed E-state index contributed by atoms with van der Waals surface area (Å²) in [6.45, 7) is 0. The van der Waals surface area contributed by atoms with Gasteiger partial charge in [-0.15, -0.1) is 0 Å². The highest BCUT2D eigenvalue weighted by molar-refractivity contribution is 9.10. The summed E-state index contributed by atoms with van der Waals surface area (Å²) in [6, 6.07) is 21.9. The number of oxazole rings is 1. The van der Waals surface area contributed by atoms with Crippen LogP contribution in [0.2, 0.25) is 5.02 Å². The Balaban J connectivity index is 1.84. The maximum atomic E-state index is 13.2. The zero-order valence-electron chi connectivity index (χ0n) is 14.0. The topological polar surface area (TPSA) is 43.1 Å². The number of Topliss-reactive ketones (excluding diaryl/α,β-unsaturated/α-hetero) is 1. The standard InChI is InChI=1S/C22H13BrClNO2/c23-16-9-7-15(8-10-16)21(26)18(13-14-5-11-17(24)12-6-14)22-25-19-3-1-2-4-20(19)27-22/h1-13H. The molecule has 0 aliphatic carbocycles. The normalized spacial score (nSPS) is 11.7. The maximum absolute atomic E-state index is 13.2. The van der Waals surface area contributed by atoms with Gasteiger partial charge in [-0.05, 0) is 60.2 Å². The molecule has 27 heavy (non-hydrogen) atoms. The Morgan fingerprint density at radius 1 is 0.963 bits per heavy atom. The molecule has 0 fully saturated rings. The quantitative estimate of drug-likeness (QED) is 0.264. The number of hydrogen-bond donors (Lipinski definition) is 0. The summed E-state index contributed by atoms with van der Waals surface area (Å²) in [5.41, 5.74) is 3.12. The molecule has 0 atom stereocenters. The third-order valence-electron chi connectivity index (χ3n) is 4.06. The molecular formula is C22H13BrClNO2. The zero-order chi connectivity index (χ0) is 18.8. The van der Waals surface area contributed by atoms with Gasteiger partial charge in [0.25, 0.3) is 0 Å². The van der Waals surface area contributed by atoms with Crippen LogP contribution in [0.25, 0.3) is 22.7 Å². The van der Waals surface area contributed by atoms with E-state index in [1.807, 2.05) is 48.5 Å². The van der Waals surface area contributed by atoms with Crippen LogP contribution in [0.15, 0.2) is 81.7 Å². The summed E-state index contributed by atoms with van der Waals surface area (Å²) >= 11 is 9.36. The lowest BCUT2D eigenvalue weighted by molar-refractivity contribution is 0.105. The average molecular weight is 439 g/mol. The van der Waals surface area contributed by atoms with E-state index in [-0.39, 0.29) is 5.78 Å². The molecule has 0 aliphatic rings. The molecule has 132 valence electrons. The van der Waals surface area contributed by atoms with Gasteiger partial charge in [-0.3, -0.25) is 4.79 Å². The monoisotopic (exact) mass is 437 g/mol. The summed E-state index contributed by atoms with van der Waals surface area (Å²) in [5, 5.41) is 0.634. The number of para-hydroxylation sites is 2. The van der Waals surface area contributed by atoms with Crippen molar-refractivity contribution in [2.24, 2.45) is 0 Å². The first-order chi connectivity index (χ1) is 13.1. The van der Waals surface area contributed by atoms with Crippen molar-refractivity contribution in [3.8, 4) is 0 Å². The van der Waals surface area contributed by atoms with Crippen LogP contribution >= 0.6 is 27.5 Å². The molecular weight excluding hydrogens is 426 g/mol. The predicted molar refractivity (Wildman–Crippen MR) is 112 cm³/mol. The molecule has 3 nitrogen and oxygen atoms in total. The van der Waals surface area contributed by atoms with Gasteiger partial charge in [0.05, 0.1) is 5.57 Å². The first kappa shape index (κ1) is 17.7. The lowest BCUT2D eigenvalue weighted by Crippen LogP contribution is -2.03. The van der Waals surface area contributed by atoms with Gasteiger partial charge < -0.3 is 4.42 Å². The lowest BCUT2D eigenvalue weighted by Gasteiger charge is -2.04. The van der Waals surface area contributed by atoms with Crippen molar-refractivity contribution < 1.29 is 9.21 Å². The molecule has 5 heteroatoms. The second-order valence-corrected chi connectivity index (χ2v) is 7.28. The molecule has 0 spiro atoms. The number of benzene rings is 3. The van der Waals surface area contributed by atoms with E-state index in [4.69, 9.17) is 16.0 Å². The highest BCUT2D eigenvalue weighted by Crippen LogP contribution is 2.27. The molecule has 3 aromatic carbocycles. The van der Waals surface area contributed by atoms with E-state index < -0.39 is 0 Å². The Morgan fingerprint density at radius 3 is 2.37 bits per heavy atom. The number of nitrogens with zero attached hydrogens (tertiary/aromatic N) is 1. The fraction of sp³-hybridized carbons (Fsp3) is 0. The van der Waals surface area contributed by atoms with Crippen molar-refractivity contribution in [2.75, 3.05) is 0 Å². The highest BCUT2D eigenvalue weighted by atomic mass is 79.9. The molecule has 0 amide bonds. The maximum Gasteiger partial charge on any atom is 0.231 e. The molecule has 0 N–H and O–H groups in total. The van der Waals surface area contributed by atoms with Crippen molar-refractivity contribution >= 4 is 56.1 Å². The van der Waals surface area contributed by atoms with Crippen LogP contribution in [0.1, 0.15) is 21.8 Å². The van der Waals surface area contributed by atoms with E-state index in [0.29, 0.717) is 33.1 Å². The van der Waals surface area contributed by atoms with Crippen LogP contribution in [0.3, 0.4) is 0 Å². The molecule has 1 heterocycles. The number of ketones is 1. The summed E-state index contributed by atoms with van der Waals surface area (Å²) in [5.74, 6) is 0.128. The zero-order valence-corrected chi connectivity index (χ0v) is 16.4. The van der Waals surface area contributed by atoms with E-state index >= 15 is 0 Å². The number of aromatic nitrogens is 1. The van der Waals surface area contributed by atoms with Crippen LogP contribution in [0.5, 0.6) is 0 Å². The second kappa shape index (κ2) is 7.51. The molecule has 0 bridgehead atoms. The molecule has 0 saturated heterocycles. The van der Waals surface area contributed by atoms with Gasteiger partial charge in [-0.2, -0.15) is 0 Å². The molecule has 0 aliphatic heterocycles. The Kier molecular flexibility index (Phi) is 4.92. The number of allylic oxidation sites excluding steroid dienone is 1. The number of carbonyl (C=O) groups excluding carboxylic acids is 1. The van der Waals surface area contributed by atoms with Crippen LogP contribution < -0.4 is 0 Å². The molecule has 4 rings (SSSR count). The van der Waals surface area contributed by atoms with Gasteiger partial charge in [0.15, 0.2) is 11.4 Å². The number of hydrogen-bond acceptors (Lipinski definition) is 3. The van der Waals surface area contributed by atoms with Gasteiger partial charge >= 0.3 is 0 Å². The van der Waals surface area contributed by atoms with E-state index in [9.17, 15) is 4.79 Å². The van der Waals surface area contributed by atoms with Crippen molar-refractivity contribution in [1.29, 1.82) is 0 Å². The molecule has 0 saturated carbocycles. The molecule has 1 aromatic heterocycles. The largest absolute Gasteiger partial charge is 0.436 e. The number of fused-ring (bicyclic) bond motifs is 1. The van der Waals surface area contributed by atoms with Crippen molar-refractivity contribution in [1.82, 2.24) is 4.98 Å². The smallest absolute Gasteiger partial charge is 0.231 e. The van der Waals surface area contributed by atoms with E-state index in [2.05, 4.69) is 20.9 Å². The number of rotatable bonds is 4. The van der Waals surface area contributed by atoms with E-state index in [1.54, 1.807) is 30.3 Å². The summed E-state index contributed by atoms with van der Waals surface area (Å²) in [7, 11) is 0. The first-order valence-electron chi connectivity index (χ1n) is 8.23. The Hall–Kier alpha value is -2.69. The van der Waals surface area contributed by atoms with E-state index in [1.165, 1.54) is 0 Å². The molecule has 4 aromatic rings. The third kappa shape index (κ3) is 3.87. The highest BCUT2D eigenvalue weighted by Gasteiger charge is 2.20. The van der Waals surface area contributed by atoms with Crippen molar-refractivity contribution in [2.45, 2.75) is 0 Å². The Morgan fingerprint density at radius 2 is 1.67 bits per heavy atom. The minimum absolute atomic E-state index is 0.163. The SMILES string of the molecule is O=C(C(=Cc1ccc(Cl)cc1)c1nc2ccccc2o1)c1ccc(Br)cc1. The van der Waals surface area contributed by atoms with E-state index in [0.717, 1.165) is 10.0 Å². The van der Waals surface area contributed by atoms with Gasteiger partial charge in [0.2, 0.25) is 5.89 Å². The number of halogens is 2. The molecule has 0 radical (unpaired) electrons. The average Bonchev–Trinajstić information content (AvgIpc) is 3.11. The van der Waals surface area contributed by atoms with Gasteiger partial charge in [-0.25, -0.2) is 4.98 Å².